The maximum Gasteiger partial charge on any atom is 0.0596 e. The Morgan fingerprint density at radius 2 is 2.00 bits per heavy atom. The highest BCUT2D eigenvalue weighted by Gasteiger charge is 2.11. The topological polar surface area (TPSA) is 34.0 Å². The maximum absolute atomic E-state index is 4.52. The Hall–Kier alpha value is -1.68. The lowest BCUT2D eigenvalue weighted by molar-refractivity contribution is 0.246. The minimum Gasteiger partial charge on any atom is -0.303 e. The molecule has 0 aliphatic carbocycles. The third-order valence-corrected chi connectivity index (χ3v) is 4.21. The Kier molecular flexibility index (Phi) is 5.72. The second kappa shape index (κ2) is 7.54. The molecule has 0 aliphatic rings. The Morgan fingerprint density at radius 1 is 1.23 bits per heavy atom. The molecule has 4 nitrogen and oxygen atoms in total. The zero-order chi connectivity index (χ0) is 16.1. The molecule has 0 aromatic carbocycles. The molecule has 0 N–H and O–H groups in total. The first-order chi connectivity index (χ1) is 10.5. The van der Waals surface area contributed by atoms with Crippen LogP contribution in [0.2, 0.25) is 0 Å². The fraction of sp³-hybridized carbons (Fsp3) is 0.556. The first-order valence-electron chi connectivity index (χ1n) is 8.08. The summed E-state index contributed by atoms with van der Waals surface area (Å²) in [7, 11) is 2.20. The van der Waals surface area contributed by atoms with E-state index in [1.807, 2.05) is 19.2 Å². The molecule has 22 heavy (non-hydrogen) atoms. The summed E-state index contributed by atoms with van der Waals surface area (Å²) in [6.45, 7) is 10.6. The van der Waals surface area contributed by atoms with Gasteiger partial charge in [0.2, 0.25) is 0 Å². The number of hydrogen-bond donors (Lipinski definition) is 0. The van der Waals surface area contributed by atoms with E-state index in [1.165, 1.54) is 17.0 Å². The molecule has 4 heteroatoms. The van der Waals surface area contributed by atoms with Crippen molar-refractivity contribution in [1.82, 2.24) is 19.7 Å². The van der Waals surface area contributed by atoms with Crippen molar-refractivity contribution in [2.75, 3.05) is 13.6 Å². The van der Waals surface area contributed by atoms with Crippen molar-refractivity contribution in [3.63, 3.8) is 0 Å². The van der Waals surface area contributed by atoms with Gasteiger partial charge >= 0.3 is 0 Å². The fourth-order valence-electron chi connectivity index (χ4n) is 2.76. The number of rotatable bonds is 7. The smallest absolute Gasteiger partial charge is 0.0596 e. The van der Waals surface area contributed by atoms with Gasteiger partial charge in [0.05, 0.1) is 5.69 Å². The molecule has 2 aromatic heterocycles. The first kappa shape index (κ1) is 16.7. The second-order valence-corrected chi connectivity index (χ2v) is 6.36. The van der Waals surface area contributed by atoms with Crippen molar-refractivity contribution in [2.45, 2.75) is 53.1 Å². The Labute approximate surface area is 134 Å². The van der Waals surface area contributed by atoms with Crippen LogP contribution >= 0.6 is 0 Å². The van der Waals surface area contributed by atoms with E-state index in [9.17, 15) is 0 Å². The standard InChI is InChI=1S/C18H28N4/c1-14-7-8-19-18(11-14)13-16(3)21(5)9-6-10-22-17(4)12-15(2)20-22/h7-8,11-12,16H,6,9-10,13H2,1-5H3. The molecule has 2 aromatic rings. The van der Waals surface area contributed by atoms with Crippen LogP contribution < -0.4 is 0 Å². The van der Waals surface area contributed by atoms with E-state index in [2.05, 4.69) is 59.6 Å². The van der Waals surface area contributed by atoms with E-state index in [0.717, 1.165) is 31.6 Å². The predicted octanol–water partition coefficient (Wildman–Crippen LogP) is 3.16. The van der Waals surface area contributed by atoms with Gasteiger partial charge in [0.25, 0.3) is 0 Å². The molecular formula is C18H28N4. The zero-order valence-electron chi connectivity index (χ0n) is 14.5. The molecule has 0 amide bonds. The van der Waals surface area contributed by atoms with Crippen LogP contribution in [0.5, 0.6) is 0 Å². The molecule has 0 radical (unpaired) electrons. The molecule has 0 aliphatic heterocycles. The van der Waals surface area contributed by atoms with Crippen LogP contribution in [0.15, 0.2) is 24.4 Å². The molecule has 0 bridgehead atoms. The van der Waals surface area contributed by atoms with Crippen molar-refractivity contribution >= 4 is 0 Å². The molecule has 0 fully saturated rings. The monoisotopic (exact) mass is 300 g/mol. The summed E-state index contributed by atoms with van der Waals surface area (Å²) in [5.74, 6) is 0. The fourth-order valence-corrected chi connectivity index (χ4v) is 2.76. The Bertz CT molecular complexity index is 603. The molecule has 0 saturated carbocycles. The minimum atomic E-state index is 0.495. The molecule has 120 valence electrons. The molecule has 2 heterocycles. The molecule has 2 rings (SSSR count). The van der Waals surface area contributed by atoms with E-state index in [1.54, 1.807) is 0 Å². The summed E-state index contributed by atoms with van der Waals surface area (Å²) >= 11 is 0. The van der Waals surface area contributed by atoms with Gasteiger partial charge in [-0.15, -0.1) is 0 Å². The highest BCUT2D eigenvalue weighted by atomic mass is 15.3. The van der Waals surface area contributed by atoms with Gasteiger partial charge < -0.3 is 4.90 Å². The third-order valence-electron chi connectivity index (χ3n) is 4.21. The number of likely N-dealkylation sites (N-methyl/N-ethyl adjacent to an activating group) is 1. The van der Waals surface area contributed by atoms with Gasteiger partial charge in [0.1, 0.15) is 0 Å². The summed E-state index contributed by atoms with van der Waals surface area (Å²) in [6.07, 6.45) is 4.02. The molecule has 1 unspecified atom stereocenters. The number of aromatic nitrogens is 3. The maximum atomic E-state index is 4.52. The van der Waals surface area contributed by atoms with Gasteiger partial charge in [-0.2, -0.15) is 5.10 Å². The minimum absolute atomic E-state index is 0.495. The highest BCUT2D eigenvalue weighted by molar-refractivity contribution is 5.15. The van der Waals surface area contributed by atoms with E-state index in [4.69, 9.17) is 0 Å². The van der Waals surface area contributed by atoms with Crippen molar-refractivity contribution in [2.24, 2.45) is 0 Å². The number of aryl methyl sites for hydroxylation is 4. The van der Waals surface area contributed by atoms with Gasteiger partial charge in [0, 0.05) is 36.6 Å². The SMILES string of the molecule is Cc1ccnc(CC(C)N(C)CCCn2nc(C)cc2C)c1. The van der Waals surface area contributed by atoms with Gasteiger partial charge in [-0.1, -0.05) is 0 Å². The second-order valence-electron chi connectivity index (χ2n) is 6.36. The third kappa shape index (κ3) is 4.67. The summed E-state index contributed by atoms with van der Waals surface area (Å²) in [4.78, 5) is 6.88. The van der Waals surface area contributed by atoms with Gasteiger partial charge in [-0.05, 0) is 71.5 Å². The van der Waals surface area contributed by atoms with Crippen LogP contribution in [0.25, 0.3) is 0 Å². The Balaban J connectivity index is 1.79. The summed E-state index contributed by atoms with van der Waals surface area (Å²) in [5.41, 5.74) is 4.81. The normalized spacial score (nSPS) is 12.8. The average molecular weight is 300 g/mol. The lowest BCUT2D eigenvalue weighted by Crippen LogP contribution is -2.32. The van der Waals surface area contributed by atoms with Gasteiger partial charge in [-0.25, -0.2) is 0 Å². The molecule has 1 atom stereocenters. The number of nitrogens with zero attached hydrogens (tertiary/aromatic N) is 4. The van der Waals surface area contributed by atoms with E-state index >= 15 is 0 Å². The summed E-state index contributed by atoms with van der Waals surface area (Å²) < 4.78 is 2.11. The first-order valence-corrected chi connectivity index (χ1v) is 8.08. The quantitative estimate of drug-likeness (QED) is 0.787. The van der Waals surface area contributed by atoms with Crippen LogP contribution in [0.3, 0.4) is 0 Å². The highest BCUT2D eigenvalue weighted by Crippen LogP contribution is 2.08. The van der Waals surface area contributed by atoms with Gasteiger partial charge in [0.15, 0.2) is 0 Å². The van der Waals surface area contributed by atoms with Gasteiger partial charge in [-0.3, -0.25) is 9.67 Å². The average Bonchev–Trinajstić information content (AvgIpc) is 2.77. The van der Waals surface area contributed by atoms with E-state index in [0.29, 0.717) is 6.04 Å². The van der Waals surface area contributed by atoms with E-state index < -0.39 is 0 Å². The van der Waals surface area contributed by atoms with Crippen LogP contribution in [0.4, 0.5) is 0 Å². The largest absolute Gasteiger partial charge is 0.303 e. The summed E-state index contributed by atoms with van der Waals surface area (Å²) in [5, 5.41) is 4.52. The van der Waals surface area contributed by atoms with Crippen LogP contribution in [-0.4, -0.2) is 39.3 Å². The van der Waals surface area contributed by atoms with Crippen LogP contribution in [-0.2, 0) is 13.0 Å². The Morgan fingerprint density at radius 3 is 2.64 bits per heavy atom. The van der Waals surface area contributed by atoms with E-state index in [-0.39, 0.29) is 0 Å². The molecule has 0 spiro atoms. The van der Waals surface area contributed by atoms with Crippen LogP contribution in [0.1, 0.15) is 36.0 Å². The lowest BCUT2D eigenvalue weighted by atomic mass is 10.1. The lowest BCUT2D eigenvalue weighted by Gasteiger charge is -2.24. The molecule has 0 saturated heterocycles. The predicted molar refractivity (Wildman–Crippen MR) is 91.1 cm³/mol. The number of pyridine rings is 1. The van der Waals surface area contributed by atoms with Crippen LogP contribution in [0, 0.1) is 20.8 Å². The van der Waals surface area contributed by atoms with Crippen molar-refractivity contribution < 1.29 is 0 Å². The number of hydrogen-bond acceptors (Lipinski definition) is 3. The van der Waals surface area contributed by atoms with Crippen molar-refractivity contribution in [3.05, 3.63) is 47.0 Å². The van der Waals surface area contributed by atoms with Crippen molar-refractivity contribution in [3.8, 4) is 0 Å². The summed E-state index contributed by atoms with van der Waals surface area (Å²) in [6, 6.07) is 6.86. The zero-order valence-corrected chi connectivity index (χ0v) is 14.5. The van der Waals surface area contributed by atoms with Crippen molar-refractivity contribution in [1.29, 1.82) is 0 Å². The molecular weight excluding hydrogens is 272 g/mol.